The molecule has 0 bridgehead atoms. The summed E-state index contributed by atoms with van der Waals surface area (Å²) in [6, 6.07) is 3.92. The maximum atomic E-state index is 12.7. The van der Waals surface area contributed by atoms with Crippen LogP contribution in [-0.4, -0.2) is 42.9 Å². The van der Waals surface area contributed by atoms with Crippen LogP contribution < -0.4 is 5.73 Å². The summed E-state index contributed by atoms with van der Waals surface area (Å²) < 4.78 is 26.7. The lowest BCUT2D eigenvalue weighted by Crippen LogP contribution is -2.39. The highest BCUT2D eigenvalue weighted by atomic mass is 32.2. The largest absolute Gasteiger partial charge is 0.395 e. The lowest BCUT2D eigenvalue weighted by molar-refractivity contribution is 0.0999. The number of hydrogen-bond acceptors (Lipinski definition) is 4. The van der Waals surface area contributed by atoms with E-state index >= 15 is 0 Å². The number of carbonyl (C=O) groups is 1. The van der Waals surface area contributed by atoms with E-state index in [4.69, 9.17) is 5.73 Å². The van der Waals surface area contributed by atoms with Crippen molar-refractivity contribution in [2.75, 3.05) is 13.2 Å². The van der Waals surface area contributed by atoms with Crippen LogP contribution in [-0.2, 0) is 10.0 Å². The summed E-state index contributed by atoms with van der Waals surface area (Å²) in [6.45, 7) is 3.77. The Morgan fingerprint density at radius 2 is 2.14 bits per heavy atom. The fourth-order valence-corrected chi connectivity index (χ4v) is 4.46. The molecule has 0 aromatic heterocycles. The van der Waals surface area contributed by atoms with Gasteiger partial charge in [-0.05, 0) is 37.0 Å². The third kappa shape index (κ3) is 2.81. The van der Waals surface area contributed by atoms with Crippen LogP contribution in [0.15, 0.2) is 23.1 Å². The number of amides is 1. The molecular weight excluding hydrogens is 292 g/mol. The molecule has 1 aliphatic heterocycles. The molecule has 1 amide bonds. The van der Waals surface area contributed by atoms with Crippen molar-refractivity contribution in [1.82, 2.24) is 4.31 Å². The summed E-state index contributed by atoms with van der Waals surface area (Å²) in [5.74, 6) is -0.552. The van der Waals surface area contributed by atoms with Crippen molar-refractivity contribution in [3.63, 3.8) is 0 Å². The molecule has 116 valence electrons. The van der Waals surface area contributed by atoms with Crippen LogP contribution in [0.2, 0.25) is 0 Å². The highest BCUT2D eigenvalue weighted by Crippen LogP contribution is 2.30. The fraction of sp³-hybridized carbons (Fsp3) is 0.500. The molecule has 1 saturated heterocycles. The third-order valence-electron chi connectivity index (χ3n) is 4.10. The average molecular weight is 312 g/mol. The number of carbonyl (C=O) groups excluding carboxylic acids is 1. The molecule has 2 unspecified atom stereocenters. The Labute approximate surface area is 124 Å². The van der Waals surface area contributed by atoms with Crippen molar-refractivity contribution in [2.24, 2.45) is 11.7 Å². The number of hydrogen-bond donors (Lipinski definition) is 2. The second kappa shape index (κ2) is 5.75. The first kappa shape index (κ1) is 15.9. The zero-order chi connectivity index (χ0) is 15.8. The molecule has 1 aliphatic rings. The monoisotopic (exact) mass is 312 g/mol. The minimum atomic E-state index is -3.74. The van der Waals surface area contributed by atoms with E-state index in [9.17, 15) is 18.3 Å². The molecule has 3 N–H and O–H groups in total. The minimum absolute atomic E-state index is 0.0365. The Morgan fingerprint density at radius 3 is 2.71 bits per heavy atom. The topological polar surface area (TPSA) is 101 Å². The standard InChI is InChI=1S/C14H20N2O4S/c1-9-3-4-11(7-12(9)14(15)18)21(19,20)16-6-5-10(2)13(16)8-17/h3-4,7,10,13,17H,5-6,8H2,1-2H3,(H2,15,18). The van der Waals surface area contributed by atoms with Gasteiger partial charge in [0.1, 0.15) is 0 Å². The van der Waals surface area contributed by atoms with E-state index in [0.29, 0.717) is 18.5 Å². The number of nitrogens with zero attached hydrogens (tertiary/aromatic N) is 1. The van der Waals surface area contributed by atoms with Gasteiger partial charge in [-0.15, -0.1) is 0 Å². The van der Waals surface area contributed by atoms with Crippen LogP contribution in [0, 0.1) is 12.8 Å². The number of rotatable bonds is 4. The van der Waals surface area contributed by atoms with Crippen molar-refractivity contribution >= 4 is 15.9 Å². The number of sulfonamides is 1. The first-order valence-corrected chi connectivity index (χ1v) is 8.26. The maximum absolute atomic E-state index is 12.7. The van der Waals surface area contributed by atoms with Crippen LogP contribution in [0.4, 0.5) is 0 Å². The van der Waals surface area contributed by atoms with Gasteiger partial charge in [0.25, 0.3) is 0 Å². The van der Waals surface area contributed by atoms with E-state index in [0.717, 1.165) is 0 Å². The van der Waals surface area contributed by atoms with Gasteiger partial charge in [0.15, 0.2) is 0 Å². The Kier molecular flexibility index (Phi) is 4.36. The second-order valence-corrected chi connectivity index (χ2v) is 7.36. The van der Waals surface area contributed by atoms with Gasteiger partial charge in [0, 0.05) is 12.1 Å². The summed E-state index contributed by atoms with van der Waals surface area (Å²) in [4.78, 5) is 11.4. The molecule has 2 rings (SSSR count). The lowest BCUT2D eigenvalue weighted by Gasteiger charge is -2.24. The SMILES string of the molecule is Cc1ccc(S(=O)(=O)N2CCC(C)C2CO)cc1C(N)=O. The Hall–Kier alpha value is -1.44. The van der Waals surface area contributed by atoms with Gasteiger partial charge in [-0.1, -0.05) is 13.0 Å². The van der Waals surface area contributed by atoms with Crippen molar-refractivity contribution in [3.8, 4) is 0 Å². The van der Waals surface area contributed by atoms with Crippen LogP contribution in [0.5, 0.6) is 0 Å². The number of primary amides is 1. The molecule has 0 spiro atoms. The molecule has 0 radical (unpaired) electrons. The number of benzene rings is 1. The molecule has 1 heterocycles. The fourth-order valence-electron chi connectivity index (χ4n) is 2.70. The summed E-state index contributed by atoms with van der Waals surface area (Å²) in [6.07, 6.45) is 0.707. The van der Waals surface area contributed by atoms with Gasteiger partial charge >= 0.3 is 0 Å². The van der Waals surface area contributed by atoms with Crippen molar-refractivity contribution in [1.29, 1.82) is 0 Å². The molecule has 1 fully saturated rings. The van der Waals surface area contributed by atoms with E-state index in [1.54, 1.807) is 13.0 Å². The molecule has 7 heteroatoms. The van der Waals surface area contributed by atoms with Crippen molar-refractivity contribution in [3.05, 3.63) is 29.3 Å². The van der Waals surface area contributed by atoms with Crippen LogP contribution in [0.1, 0.15) is 29.3 Å². The molecule has 1 aromatic rings. The van der Waals surface area contributed by atoms with Gasteiger partial charge in [-0.3, -0.25) is 4.79 Å². The average Bonchev–Trinajstić information content (AvgIpc) is 2.80. The number of aryl methyl sites for hydroxylation is 1. The summed E-state index contributed by atoms with van der Waals surface area (Å²) >= 11 is 0. The molecular formula is C14H20N2O4S. The predicted octanol–water partition coefficient (Wildman–Crippen LogP) is 0.485. The highest BCUT2D eigenvalue weighted by Gasteiger charge is 2.39. The third-order valence-corrected chi connectivity index (χ3v) is 6.02. The van der Waals surface area contributed by atoms with Crippen molar-refractivity contribution < 1.29 is 18.3 Å². The van der Waals surface area contributed by atoms with E-state index in [-0.39, 0.29) is 23.0 Å². The van der Waals surface area contributed by atoms with E-state index in [2.05, 4.69) is 0 Å². The second-order valence-electron chi connectivity index (χ2n) is 5.47. The van der Waals surface area contributed by atoms with Gasteiger partial charge in [-0.2, -0.15) is 4.31 Å². The molecule has 6 nitrogen and oxygen atoms in total. The number of aliphatic hydroxyl groups is 1. The van der Waals surface area contributed by atoms with Gasteiger partial charge in [0.05, 0.1) is 17.5 Å². The van der Waals surface area contributed by atoms with Crippen LogP contribution in [0.3, 0.4) is 0 Å². The first-order chi connectivity index (χ1) is 9.78. The van der Waals surface area contributed by atoms with Crippen LogP contribution >= 0.6 is 0 Å². The molecule has 0 aliphatic carbocycles. The Morgan fingerprint density at radius 1 is 1.48 bits per heavy atom. The number of aliphatic hydroxyl groups excluding tert-OH is 1. The number of nitrogens with two attached hydrogens (primary N) is 1. The summed E-state index contributed by atoms with van der Waals surface area (Å²) in [5, 5.41) is 9.42. The molecule has 1 aromatic carbocycles. The maximum Gasteiger partial charge on any atom is 0.249 e. The van der Waals surface area contributed by atoms with E-state index in [1.165, 1.54) is 16.4 Å². The zero-order valence-corrected chi connectivity index (χ0v) is 12.9. The Bertz CT molecular complexity index is 657. The smallest absolute Gasteiger partial charge is 0.249 e. The zero-order valence-electron chi connectivity index (χ0n) is 12.1. The van der Waals surface area contributed by atoms with Gasteiger partial charge in [0.2, 0.25) is 15.9 Å². The summed E-state index contributed by atoms with van der Waals surface area (Å²) in [7, 11) is -3.74. The molecule has 21 heavy (non-hydrogen) atoms. The van der Waals surface area contributed by atoms with E-state index < -0.39 is 22.0 Å². The molecule has 2 atom stereocenters. The first-order valence-electron chi connectivity index (χ1n) is 6.82. The lowest BCUT2D eigenvalue weighted by atomic mass is 10.0. The van der Waals surface area contributed by atoms with Crippen LogP contribution in [0.25, 0.3) is 0 Å². The predicted molar refractivity (Wildman–Crippen MR) is 78.2 cm³/mol. The normalized spacial score (nSPS) is 23.4. The minimum Gasteiger partial charge on any atom is -0.395 e. The Balaban J connectivity index is 2.45. The van der Waals surface area contributed by atoms with Crippen molar-refractivity contribution in [2.45, 2.75) is 31.2 Å². The molecule has 0 saturated carbocycles. The highest BCUT2D eigenvalue weighted by molar-refractivity contribution is 7.89. The van der Waals surface area contributed by atoms with E-state index in [1.807, 2.05) is 6.92 Å². The summed E-state index contributed by atoms with van der Waals surface area (Å²) in [5.41, 5.74) is 6.10. The van der Waals surface area contributed by atoms with Gasteiger partial charge in [-0.25, -0.2) is 8.42 Å². The van der Waals surface area contributed by atoms with Gasteiger partial charge < -0.3 is 10.8 Å². The quantitative estimate of drug-likeness (QED) is 0.844.